The highest BCUT2D eigenvalue weighted by atomic mass is 19.1. The molecule has 1 fully saturated rings. The predicted molar refractivity (Wildman–Crippen MR) is 143 cm³/mol. The van der Waals surface area contributed by atoms with Gasteiger partial charge in [0.15, 0.2) is 0 Å². The van der Waals surface area contributed by atoms with Crippen LogP contribution in [0.3, 0.4) is 0 Å². The van der Waals surface area contributed by atoms with Gasteiger partial charge in [-0.25, -0.2) is 18.6 Å². The molecule has 0 spiro atoms. The van der Waals surface area contributed by atoms with Gasteiger partial charge in [0.1, 0.15) is 17.5 Å². The van der Waals surface area contributed by atoms with Gasteiger partial charge in [-0.3, -0.25) is 0 Å². The van der Waals surface area contributed by atoms with Gasteiger partial charge >= 0.3 is 6.03 Å². The summed E-state index contributed by atoms with van der Waals surface area (Å²) in [5, 5.41) is 0. The number of morpholine rings is 1. The van der Waals surface area contributed by atoms with Gasteiger partial charge in [0.25, 0.3) is 0 Å². The lowest BCUT2D eigenvalue weighted by Gasteiger charge is -2.42. The van der Waals surface area contributed by atoms with E-state index in [1.54, 1.807) is 11.1 Å². The zero-order chi connectivity index (χ0) is 27.3. The molecule has 3 aromatic rings. The second-order valence-corrected chi connectivity index (χ2v) is 10.7. The van der Waals surface area contributed by atoms with Crippen molar-refractivity contribution in [2.75, 3.05) is 39.4 Å². The van der Waals surface area contributed by atoms with E-state index >= 15 is 0 Å². The second kappa shape index (κ2) is 12.0. The number of nitrogens with zero attached hydrogens (tertiary/aromatic N) is 4. The van der Waals surface area contributed by atoms with Gasteiger partial charge in [-0.1, -0.05) is 51.1 Å². The smallest absolute Gasteiger partial charge is 0.320 e. The van der Waals surface area contributed by atoms with E-state index in [0.29, 0.717) is 63.9 Å². The molecule has 0 bridgehead atoms. The Hall–Kier alpha value is -3.30. The number of nitrogens with two attached hydrogens (primary N) is 1. The van der Waals surface area contributed by atoms with Crippen molar-refractivity contribution in [3.05, 3.63) is 77.8 Å². The monoisotopic (exact) mass is 525 g/mol. The Labute approximate surface area is 223 Å². The van der Waals surface area contributed by atoms with Crippen molar-refractivity contribution in [3.8, 4) is 11.3 Å². The Morgan fingerprint density at radius 1 is 1.13 bits per heavy atom. The SMILES string of the molecule is CC(C)(C)[C@H](c1nc(-c2cc(F)ccc2F)cn1Cc1ccccc1)N(CCCN)C(=O)N1CCOCC1. The van der Waals surface area contributed by atoms with Gasteiger partial charge in [-0.05, 0) is 42.1 Å². The number of halogens is 2. The molecule has 2 amide bonds. The number of amides is 2. The molecule has 1 aliphatic heterocycles. The minimum absolute atomic E-state index is 0.0822. The Morgan fingerprint density at radius 3 is 2.50 bits per heavy atom. The van der Waals surface area contributed by atoms with Crippen LogP contribution in [0.2, 0.25) is 0 Å². The van der Waals surface area contributed by atoms with E-state index in [1.165, 1.54) is 0 Å². The highest BCUT2D eigenvalue weighted by molar-refractivity contribution is 5.75. The van der Waals surface area contributed by atoms with Crippen LogP contribution in [-0.2, 0) is 11.3 Å². The third kappa shape index (κ3) is 6.39. The number of carbonyl (C=O) groups is 1. The molecule has 1 aromatic heterocycles. The summed E-state index contributed by atoms with van der Waals surface area (Å²) >= 11 is 0. The van der Waals surface area contributed by atoms with Crippen LogP contribution >= 0.6 is 0 Å². The average molecular weight is 526 g/mol. The minimum Gasteiger partial charge on any atom is -0.378 e. The standard InChI is InChI=1S/C29H37F2N5O2/c1-29(2,3)26(36(13-7-12-32)28(37)34-14-16-38-17-15-34)27-33-25(23-18-22(30)10-11-24(23)31)20-35(27)19-21-8-5-4-6-9-21/h4-6,8-11,18,20,26H,7,12-17,19,32H2,1-3H3/t26-/m0/s1. The van der Waals surface area contributed by atoms with Crippen LogP contribution in [0.25, 0.3) is 11.3 Å². The molecule has 1 aliphatic rings. The zero-order valence-corrected chi connectivity index (χ0v) is 22.4. The van der Waals surface area contributed by atoms with E-state index in [4.69, 9.17) is 15.5 Å². The first kappa shape index (κ1) is 27.7. The summed E-state index contributed by atoms with van der Waals surface area (Å²) < 4.78 is 36.4. The molecule has 2 aromatic carbocycles. The lowest BCUT2D eigenvalue weighted by Crippen LogP contribution is -2.52. The highest BCUT2D eigenvalue weighted by Gasteiger charge is 2.40. The number of imidazole rings is 1. The summed E-state index contributed by atoms with van der Waals surface area (Å²) in [5.74, 6) is -0.488. The first-order valence-electron chi connectivity index (χ1n) is 13.1. The van der Waals surface area contributed by atoms with Gasteiger partial charge in [0.05, 0.1) is 24.9 Å². The van der Waals surface area contributed by atoms with Crippen LogP contribution in [0.15, 0.2) is 54.7 Å². The van der Waals surface area contributed by atoms with Crippen LogP contribution in [0.1, 0.15) is 44.6 Å². The second-order valence-electron chi connectivity index (χ2n) is 10.7. The molecule has 0 saturated carbocycles. The summed E-state index contributed by atoms with van der Waals surface area (Å²) in [6, 6.07) is 12.7. The van der Waals surface area contributed by atoms with Crippen molar-refractivity contribution in [1.29, 1.82) is 0 Å². The molecule has 1 saturated heterocycles. The fraction of sp³-hybridized carbons (Fsp3) is 0.448. The van der Waals surface area contributed by atoms with E-state index in [2.05, 4.69) is 20.8 Å². The van der Waals surface area contributed by atoms with Crippen LogP contribution in [0.4, 0.5) is 13.6 Å². The highest BCUT2D eigenvalue weighted by Crippen LogP contribution is 2.40. The van der Waals surface area contributed by atoms with Crippen molar-refractivity contribution >= 4 is 6.03 Å². The van der Waals surface area contributed by atoms with Gasteiger partial charge < -0.3 is 24.8 Å². The van der Waals surface area contributed by atoms with Crippen molar-refractivity contribution < 1.29 is 18.3 Å². The van der Waals surface area contributed by atoms with Crippen molar-refractivity contribution in [1.82, 2.24) is 19.4 Å². The van der Waals surface area contributed by atoms with Gasteiger partial charge in [0, 0.05) is 37.9 Å². The maximum Gasteiger partial charge on any atom is 0.320 e. The maximum atomic E-state index is 14.8. The largest absolute Gasteiger partial charge is 0.378 e. The van der Waals surface area contributed by atoms with Crippen LogP contribution < -0.4 is 5.73 Å². The normalized spacial score (nSPS) is 14.9. The number of ether oxygens (including phenoxy) is 1. The fourth-order valence-electron chi connectivity index (χ4n) is 4.91. The predicted octanol–water partition coefficient (Wildman–Crippen LogP) is 5.07. The Balaban J connectivity index is 1.85. The van der Waals surface area contributed by atoms with Gasteiger partial charge in [-0.2, -0.15) is 0 Å². The number of urea groups is 1. The van der Waals surface area contributed by atoms with Crippen LogP contribution in [0, 0.1) is 17.0 Å². The molecule has 0 aliphatic carbocycles. The lowest BCUT2D eigenvalue weighted by atomic mass is 9.84. The lowest BCUT2D eigenvalue weighted by molar-refractivity contribution is 0.0283. The molecule has 0 radical (unpaired) electrons. The van der Waals surface area contributed by atoms with Crippen molar-refractivity contribution in [2.24, 2.45) is 11.1 Å². The van der Waals surface area contributed by atoms with Crippen LogP contribution in [-0.4, -0.2) is 64.8 Å². The van der Waals surface area contributed by atoms with E-state index < -0.39 is 23.1 Å². The Bertz CT molecular complexity index is 1220. The number of rotatable bonds is 8. The topological polar surface area (TPSA) is 76.6 Å². The quantitative estimate of drug-likeness (QED) is 0.446. The average Bonchev–Trinajstić information content (AvgIpc) is 3.30. The maximum absolute atomic E-state index is 14.8. The minimum atomic E-state index is -0.556. The molecule has 9 heteroatoms. The van der Waals surface area contributed by atoms with E-state index in [9.17, 15) is 13.6 Å². The Morgan fingerprint density at radius 2 is 1.84 bits per heavy atom. The summed E-state index contributed by atoms with van der Waals surface area (Å²) in [6.45, 7) is 9.50. The Kier molecular flexibility index (Phi) is 8.79. The zero-order valence-electron chi connectivity index (χ0n) is 22.4. The van der Waals surface area contributed by atoms with Gasteiger partial charge in [-0.15, -0.1) is 0 Å². The number of hydrogen-bond acceptors (Lipinski definition) is 4. The van der Waals surface area contributed by atoms with Crippen molar-refractivity contribution in [3.63, 3.8) is 0 Å². The molecule has 0 unspecified atom stereocenters. The molecule has 4 rings (SSSR count). The summed E-state index contributed by atoms with van der Waals surface area (Å²) in [7, 11) is 0. The summed E-state index contributed by atoms with van der Waals surface area (Å²) in [4.78, 5) is 22.5. The molecule has 2 N–H and O–H groups in total. The number of benzene rings is 2. The van der Waals surface area contributed by atoms with E-state index in [0.717, 1.165) is 23.8 Å². The molecule has 1 atom stereocenters. The number of carbonyl (C=O) groups excluding carboxylic acids is 1. The third-order valence-electron chi connectivity index (χ3n) is 6.71. The molecule has 2 heterocycles. The number of aromatic nitrogens is 2. The molecular formula is C29H37F2N5O2. The van der Waals surface area contributed by atoms with E-state index in [-0.39, 0.29) is 11.6 Å². The fourth-order valence-corrected chi connectivity index (χ4v) is 4.91. The first-order valence-corrected chi connectivity index (χ1v) is 13.1. The van der Waals surface area contributed by atoms with E-state index in [1.807, 2.05) is 39.8 Å². The third-order valence-corrected chi connectivity index (χ3v) is 6.71. The summed E-state index contributed by atoms with van der Waals surface area (Å²) in [6.07, 6.45) is 2.37. The molecule has 7 nitrogen and oxygen atoms in total. The molecule has 38 heavy (non-hydrogen) atoms. The van der Waals surface area contributed by atoms with Gasteiger partial charge in [0.2, 0.25) is 0 Å². The van der Waals surface area contributed by atoms with Crippen LogP contribution in [0.5, 0.6) is 0 Å². The first-order chi connectivity index (χ1) is 18.2. The molecule has 204 valence electrons. The van der Waals surface area contributed by atoms with Crippen molar-refractivity contribution in [2.45, 2.75) is 39.8 Å². The molecular weight excluding hydrogens is 488 g/mol. The number of hydrogen-bond donors (Lipinski definition) is 1. The summed E-state index contributed by atoms with van der Waals surface area (Å²) in [5.41, 5.74) is 6.87.